The number of pyridine rings is 1. The van der Waals surface area contributed by atoms with Gasteiger partial charge in [0.2, 0.25) is 5.88 Å². The van der Waals surface area contributed by atoms with Crippen LogP contribution in [0.1, 0.15) is 28.6 Å². The molecule has 0 unspecified atom stereocenters. The van der Waals surface area contributed by atoms with Crippen molar-refractivity contribution >= 4 is 17.4 Å². The average molecular weight is 519 g/mol. The number of hydrogen-bond acceptors (Lipinski definition) is 9. The Balaban J connectivity index is 1.57. The van der Waals surface area contributed by atoms with Gasteiger partial charge in [-0.3, -0.25) is 19.2 Å². The highest BCUT2D eigenvalue weighted by atomic mass is 32.1. The van der Waals surface area contributed by atoms with E-state index in [1.807, 2.05) is 24.4 Å². The lowest BCUT2D eigenvalue weighted by molar-refractivity contribution is -0.757. The van der Waals surface area contributed by atoms with Crippen molar-refractivity contribution < 1.29 is 29.7 Å². The van der Waals surface area contributed by atoms with E-state index in [-0.39, 0.29) is 18.8 Å². The van der Waals surface area contributed by atoms with Gasteiger partial charge in [-0.2, -0.15) is 0 Å². The van der Waals surface area contributed by atoms with Crippen LogP contribution in [0.15, 0.2) is 47.4 Å². The van der Waals surface area contributed by atoms with Crippen molar-refractivity contribution in [1.29, 1.82) is 0 Å². The second-order valence-corrected chi connectivity index (χ2v) is 8.76. The van der Waals surface area contributed by atoms with Gasteiger partial charge >= 0.3 is 11.0 Å². The molecule has 36 heavy (non-hydrogen) atoms. The summed E-state index contributed by atoms with van der Waals surface area (Å²) in [6, 6.07) is 11.3. The zero-order chi connectivity index (χ0) is 26.1. The minimum atomic E-state index is -1.41. The molecule has 0 atom stereocenters. The average Bonchev–Trinajstić information content (AvgIpc) is 3.11. The van der Waals surface area contributed by atoms with E-state index < -0.39 is 29.3 Å². The Morgan fingerprint density at radius 1 is 1.19 bits per heavy atom. The van der Waals surface area contributed by atoms with E-state index in [9.17, 15) is 29.9 Å². The summed E-state index contributed by atoms with van der Waals surface area (Å²) in [5.74, 6) is 0.321. The maximum atomic E-state index is 12.4. The van der Waals surface area contributed by atoms with Gasteiger partial charge in [0.15, 0.2) is 0 Å². The number of nitrogens with zero attached hydrogens (tertiary/aromatic N) is 4. The Morgan fingerprint density at radius 2 is 1.92 bits per heavy atom. The van der Waals surface area contributed by atoms with E-state index in [0.29, 0.717) is 23.7 Å². The summed E-state index contributed by atoms with van der Waals surface area (Å²) in [6.45, 7) is 1.21. The summed E-state index contributed by atoms with van der Waals surface area (Å²) in [5.41, 5.74) is 2.95. The van der Waals surface area contributed by atoms with Crippen molar-refractivity contribution in [3.8, 4) is 11.6 Å². The Hall–Kier alpha value is -4.13. The molecule has 0 fully saturated rings. The molecule has 3 aromatic rings. The van der Waals surface area contributed by atoms with Gasteiger partial charge in [-0.15, -0.1) is 10.1 Å². The first-order chi connectivity index (χ1) is 17.3. The number of hydrogen-bond donors (Lipinski definition) is 2. The van der Waals surface area contributed by atoms with Gasteiger partial charge in [-0.05, 0) is 35.7 Å². The first kappa shape index (κ1) is 26.5. The Morgan fingerprint density at radius 3 is 2.53 bits per heavy atom. The third-order valence-electron chi connectivity index (χ3n) is 5.29. The third-order valence-corrected chi connectivity index (χ3v) is 6.25. The molecule has 0 aliphatic rings. The molecular weight excluding hydrogens is 492 g/mol. The first-order valence-corrected chi connectivity index (χ1v) is 11.9. The number of thiazole rings is 1. The fourth-order valence-corrected chi connectivity index (χ4v) is 4.19. The molecule has 0 saturated heterocycles. The fourth-order valence-electron chi connectivity index (χ4n) is 3.28. The smallest absolute Gasteiger partial charge is 0.408 e. The molecule has 0 aliphatic heterocycles. The third kappa shape index (κ3) is 7.43. The quantitative estimate of drug-likeness (QED) is 0.256. The maximum absolute atomic E-state index is 12.4. The fraction of sp³-hybridized carbons (Fsp3) is 0.348. The summed E-state index contributed by atoms with van der Waals surface area (Å²) in [5, 5.41) is 29.0. The normalized spacial score (nSPS) is 10.7. The van der Waals surface area contributed by atoms with Crippen molar-refractivity contribution in [3.05, 3.63) is 84.1 Å². The van der Waals surface area contributed by atoms with Crippen LogP contribution in [0.3, 0.4) is 0 Å². The van der Waals surface area contributed by atoms with Crippen molar-refractivity contribution in [3.63, 3.8) is 0 Å². The van der Waals surface area contributed by atoms with Crippen LogP contribution in [0.4, 0.5) is 4.79 Å². The number of aromatic nitrogens is 2. The van der Waals surface area contributed by atoms with E-state index in [4.69, 9.17) is 4.74 Å². The van der Waals surface area contributed by atoms with Crippen LogP contribution in [0.25, 0.3) is 0 Å². The standard InChI is InChI=1S/C23H26N4O8S/c1-2-16-3-6-18(24-14-16)9-11-34-19-7-4-17(5-8-19)13-20-21(28)26(23(31)36-20)15-25(22(29)30)10-12-35-27(32)33/h3-8,14,28H,2,9-13,15H2,1H3,(H,29,30). The molecule has 3 rings (SSSR count). The molecule has 0 bridgehead atoms. The molecule has 0 radical (unpaired) electrons. The predicted molar refractivity (Wildman–Crippen MR) is 130 cm³/mol. The Kier molecular flexibility index (Phi) is 9.22. The molecule has 1 amide bonds. The van der Waals surface area contributed by atoms with E-state index in [1.54, 1.807) is 12.1 Å². The van der Waals surface area contributed by atoms with Crippen LogP contribution < -0.4 is 9.61 Å². The van der Waals surface area contributed by atoms with Gasteiger partial charge in [0, 0.05) is 31.3 Å². The number of aryl methyl sites for hydroxylation is 1. The van der Waals surface area contributed by atoms with Crippen molar-refractivity contribution in [2.45, 2.75) is 32.9 Å². The van der Waals surface area contributed by atoms with Crippen molar-refractivity contribution in [2.24, 2.45) is 0 Å². The molecule has 1 aromatic carbocycles. The molecule has 0 saturated carbocycles. The van der Waals surface area contributed by atoms with E-state index in [2.05, 4.69) is 22.8 Å². The first-order valence-electron chi connectivity index (χ1n) is 11.1. The summed E-state index contributed by atoms with van der Waals surface area (Å²) in [7, 11) is 0. The predicted octanol–water partition coefficient (Wildman–Crippen LogP) is 2.93. The molecule has 12 nitrogen and oxygen atoms in total. The molecule has 0 aliphatic carbocycles. The number of rotatable bonds is 13. The number of benzene rings is 1. The van der Waals surface area contributed by atoms with Crippen molar-refractivity contribution in [1.82, 2.24) is 14.5 Å². The van der Waals surface area contributed by atoms with Crippen LogP contribution >= 0.6 is 11.3 Å². The van der Waals surface area contributed by atoms with E-state index >= 15 is 0 Å². The van der Waals surface area contributed by atoms with Gasteiger partial charge in [-0.1, -0.05) is 36.5 Å². The zero-order valence-corrected chi connectivity index (χ0v) is 20.3. The maximum Gasteiger partial charge on any atom is 0.408 e. The van der Waals surface area contributed by atoms with Gasteiger partial charge in [0.25, 0.3) is 5.09 Å². The van der Waals surface area contributed by atoms with Gasteiger partial charge in [0.1, 0.15) is 19.0 Å². The largest absolute Gasteiger partial charge is 0.494 e. The van der Waals surface area contributed by atoms with Crippen LogP contribution in [-0.2, 0) is 30.8 Å². The molecule has 13 heteroatoms. The molecule has 192 valence electrons. The Bertz CT molecular complexity index is 1220. The van der Waals surface area contributed by atoms with Crippen molar-refractivity contribution in [2.75, 3.05) is 19.8 Å². The summed E-state index contributed by atoms with van der Waals surface area (Å²) < 4.78 is 6.68. The lowest BCUT2D eigenvalue weighted by atomic mass is 10.1. The lowest BCUT2D eigenvalue weighted by Gasteiger charge is -2.19. The second-order valence-electron chi connectivity index (χ2n) is 7.72. The zero-order valence-electron chi connectivity index (χ0n) is 19.5. The highest BCUT2D eigenvalue weighted by Gasteiger charge is 2.20. The van der Waals surface area contributed by atoms with Gasteiger partial charge < -0.3 is 19.8 Å². The summed E-state index contributed by atoms with van der Waals surface area (Å²) >= 11 is 0.797. The van der Waals surface area contributed by atoms with Crippen LogP contribution in [-0.4, -0.2) is 55.6 Å². The molecule has 2 N–H and O–H groups in total. The molecular formula is C23H26N4O8S. The van der Waals surface area contributed by atoms with Gasteiger partial charge in [0.05, 0.1) is 11.5 Å². The van der Waals surface area contributed by atoms with E-state index in [0.717, 1.165) is 38.5 Å². The molecule has 0 spiro atoms. The van der Waals surface area contributed by atoms with Crippen LogP contribution in [0, 0.1) is 10.1 Å². The topological polar surface area (TPSA) is 157 Å². The minimum Gasteiger partial charge on any atom is -0.494 e. The Labute approximate surface area is 210 Å². The highest BCUT2D eigenvalue weighted by molar-refractivity contribution is 7.09. The van der Waals surface area contributed by atoms with Crippen LogP contribution in [0.5, 0.6) is 11.6 Å². The number of aromatic hydroxyl groups is 1. The molecule has 2 aromatic heterocycles. The van der Waals surface area contributed by atoms with Crippen LogP contribution in [0.2, 0.25) is 0 Å². The number of amides is 1. The number of carbonyl (C=O) groups is 1. The lowest BCUT2D eigenvalue weighted by Crippen LogP contribution is -2.36. The SMILES string of the molecule is CCc1ccc(CCOc2ccc(Cc3sc(=O)n(CN(CCO[N+](=O)[O-])C(=O)O)c3O)cc2)nc1. The highest BCUT2D eigenvalue weighted by Crippen LogP contribution is 2.25. The molecule has 2 heterocycles. The summed E-state index contributed by atoms with van der Waals surface area (Å²) in [4.78, 5) is 43.1. The second kappa shape index (κ2) is 12.5. The summed E-state index contributed by atoms with van der Waals surface area (Å²) in [6.07, 6.45) is 2.32. The minimum absolute atomic E-state index is 0.254. The number of ether oxygens (including phenoxy) is 1. The number of carboxylic acid groups (broad SMARTS) is 1. The van der Waals surface area contributed by atoms with E-state index in [1.165, 1.54) is 5.56 Å². The monoisotopic (exact) mass is 518 g/mol. The van der Waals surface area contributed by atoms with Gasteiger partial charge in [-0.25, -0.2) is 4.79 Å².